The number of carbonyl (C=O) groups excluding carboxylic acids is 1. The van der Waals surface area contributed by atoms with Crippen LogP contribution in [-0.2, 0) is 0 Å². The number of hydrogen-bond acceptors (Lipinski definition) is 3. The number of nitrogens with one attached hydrogen (secondary N) is 1. The first-order valence-corrected chi connectivity index (χ1v) is 7.83. The van der Waals surface area contributed by atoms with Gasteiger partial charge in [0.15, 0.2) is 0 Å². The molecule has 2 aromatic rings. The summed E-state index contributed by atoms with van der Waals surface area (Å²) < 4.78 is 13.1. The van der Waals surface area contributed by atoms with Gasteiger partial charge in [-0.1, -0.05) is 0 Å². The molecule has 1 amide bonds. The summed E-state index contributed by atoms with van der Waals surface area (Å²) in [5.74, 6) is -0.150. The normalized spacial score (nSPS) is 17.3. The molecule has 0 spiro atoms. The molecule has 122 valence electrons. The third-order valence-electron chi connectivity index (χ3n) is 4.51. The zero-order chi connectivity index (χ0) is 16.4. The Labute approximate surface area is 134 Å². The minimum atomic E-state index is -0.337. The molecule has 1 saturated heterocycles. The molecule has 2 N–H and O–H groups in total. The molecule has 1 aliphatic rings. The van der Waals surface area contributed by atoms with Crippen LogP contribution in [0.15, 0.2) is 30.5 Å². The van der Waals surface area contributed by atoms with Crippen LogP contribution in [0.3, 0.4) is 0 Å². The van der Waals surface area contributed by atoms with Crippen molar-refractivity contribution in [2.45, 2.75) is 25.9 Å². The lowest BCUT2D eigenvalue weighted by Gasteiger charge is -2.33. The highest BCUT2D eigenvalue weighted by molar-refractivity contribution is 5.99. The maximum absolute atomic E-state index is 13.1. The molecule has 1 aromatic carbocycles. The molecule has 6 heteroatoms. The van der Waals surface area contributed by atoms with Crippen molar-refractivity contribution >= 4 is 5.91 Å². The van der Waals surface area contributed by atoms with Crippen LogP contribution in [0, 0.1) is 11.7 Å². The van der Waals surface area contributed by atoms with E-state index >= 15 is 0 Å². The van der Waals surface area contributed by atoms with Crippen molar-refractivity contribution in [2.75, 3.05) is 13.1 Å². The van der Waals surface area contributed by atoms with Crippen molar-refractivity contribution < 1.29 is 14.3 Å². The van der Waals surface area contributed by atoms with Gasteiger partial charge in [-0.2, -0.15) is 5.10 Å². The molecule has 0 aliphatic carbocycles. The molecule has 1 aromatic heterocycles. The SMILES string of the molecule is CC(O)C1CCN(C(=O)c2cn[nH]c2-c2ccc(F)cc2)CC1. The average molecular weight is 317 g/mol. The standard InChI is InChI=1S/C17H20FN3O2/c1-11(22)12-6-8-21(9-7-12)17(23)15-10-19-20-16(15)13-2-4-14(18)5-3-13/h2-5,10-12,22H,6-9H2,1H3,(H,19,20). The largest absolute Gasteiger partial charge is 0.393 e. The molecule has 23 heavy (non-hydrogen) atoms. The fourth-order valence-corrected chi connectivity index (χ4v) is 3.04. The van der Waals surface area contributed by atoms with Crippen molar-refractivity contribution in [1.82, 2.24) is 15.1 Å². The van der Waals surface area contributed by atoms with Crippen LogP contribution < -0.4 is 0 Å². The van der Waals surface area contributed by atoms with Crippen LogP contribution in [0.25, 0.3) is 11.3 Å². The number of aliphatic hydroxyl groups excluding tert-OH is 1. The van der Waals surface area contributed by atoms with Crippen LogP contribution in [0.5, 0.6) is 0 Å². The lowest BCUT2D eigenvalue weighted by molar-refractivity contribution is 0.0522. The highest BCUT2D eigenvalue weighted by Crippen LogP contribution is 2.26. The molecular weight excluding hydrogens is 297 g/mol. The van der Waals surface area contributed by atoms with Gasteiger partial charge in [0, 0.05) is 18.7 Å². The second kappa shape index (κ2) is 6.50. The van der Waals surface area contributed by atoms with E-state index in [9.17, 15) is 14.3 Å². The second-order valence-electron chi connectivity index (χ2n) is 6.04. The molecule has 1 atom stereocenters. The van der Waals surface area contributed by atoms with E-state index in [-0.39, 0.29) is 23.7 Å². The number of likely N-dealkylation sites (tertiary alicyclic amines) is 1. The summed E-state index contributed by atoms with van der Waals surface area (Å²) >= 11 is 0. The minimum Gasteiger partial charge on any atom is -0.393 e. The third kappa shape index (κ3) is 3.27. The first-order chi connectivity index (χ1) is 11.1. The summed E-state index contributed by atoms with van der Waals surface area (Å²) in [6.45, 7) is 3.05. The predicted octanol–water partition coefficient (Wildman–Crippen LogP) is 2.45. The number of carbonyl (C=O) groups is 1. The van der Waals surface area contributed by atoms with Gasteiger partial charge in [-0.3, -0.25) is 9.89 Å². The van der Waals surface area contributed by atoms with Gasteiger partial charge in [0.25, 0.3) is 5.91 Å². The van der Waals surface area contributed by atoms with E-state index in [0.29, 0.717) is 24.3 Å². The van der Waals surface area contributed by atoms with Crippen LogP contribution in [0.1, 0.15) is 30.1 Å². The Kier molecular flexibility index (Phi) is 4.43. The molecule has 3 rings (SSSR count). The summed E-state index contributed by atoms with van der Waals surface area (Å²) in [6, 6.07) is 5.97. The van der Waals surface area contributed by atoms with Gasteiger partial charge < -0.3 is 10.0 Å². The van der Waals surface area contributed by atoms with Gasteiger partial charge in [-0.15, -0.1) is 0 Å². The van der Waals surface area contributed by atoms with E-state index in [0.717, 1.165) is 18.4 Å². The second-order valence-corrected chi connectivity index (χ2v) is 6.04. The fraction of sp³-hybridized carbons (Fsp3) is 0.412. The van der Waals surface area contributed by atoms with Gasteiger partial charge in [-0.05, 0) is 49.9 Å². The molecule has 1 unspecified atom stereocenters. The lowest BCUT2D eigenvalue weighted by atomic mass is 9.92. The number of aliphatic hydroxyl groups is 1. The number of halogens is 1. The predicted molar refractivity (Wildman–Crippen MR) is 84.3 cm³/mol. The quantitative estimate of drug-likeness (QED) is 0.913. The molecule has 1 aliphatic heterocycles. The summed E-state index contributed by atoms with van der Waals surface area (Å²) in [4.78, 5) is 14.5. The Morgan fingerprint density at radius 1 is 1.35 bits per heavy atom. The number of rotatable bonds is 3. The minimum absolute atomic E-state index is 0.0814. The van der Waals surface area contributed by atoms with Gasteiger partial charge in [0.1, 0.15) is 5.82 Å². The fourth-order valence-electron chi connectivity index (χ4n) is 3.04. The van der Waals surface area contributed by atoms with E-state index in [1.54, 1.807) is 24.0 Å². The van der Waals surface area contributed by atoms with E-state index in [1.807, 2.05) is 0 Å². The Hall–Kier alpha value is -2.21. The van der Waals surface area contributed by atoms with Gasteiger partial charge in [-0.25, -0.2) is 4.39 Å². The smallest absolute Gasteiger partial charge is 0.257 e. The van der Waals surface area contributed by atoms with Crippen LogP contribution in [0.2, 0.25) is 0 Å². The summed E-state index contributed by atoms with van der Waals surface area (Å²) in [6.07, 6.45) is 2.78. The van der Waals surface area contributed by atoms with Gasteiger partial charge >= 0.3 is 0 Å². The van der Waals surface area contributed by atoms with Crippen molar-refractivity contribution in [3.8, 4) is 11.3 Å². The Morgan fingerprint density at radius 2 is 2.00 bits per heavy atom. The van der Waals surface area contributed by atoms with Gasteiger partial charge in [0.05, 0.1) is 23.6 Å². The van der Waals surface area contributed by atoms with Crippen molar-refractivity contribution in [1.29, 1.82) is 0 Å². The van der Waals surface area contributed by atoms with E-state index in [2.05, 4.69) is 10.2 Å². The highest BCUT2D eigenvalue weighted by Gasteiger charge is 2.28. The van der Waals surface area contributed by atoms with Gasteiger partial charge in [0.2, 0.25) is 0 Å². The summed E-state index contributed by atoms with van der Waals surface area (Å²) in [5.41, 5.74) is 1.82. The number of aromatic nitrogens is 2. The van der Waals surface area contributed by atoms with Crippen LogP contribution >= 0.6 is 0 Å². The van der Waals surface area contributed by atoms with E-state index < -0.39 is 0 Å². The first kappa shape index (κ1) is 15.7. The van der Waals surface area contributed by atoms with Crippen molar-refractivity contribution in [2.24, 2.45) is 5.92 Å². The Balaban J connectivity index is 1.77. The Morgan fingerprint density at radius 3 is 2.61 bits per heavy atom. The molecule has 2 heterocycles. The number of amides is 1. The number of benzene rings is 1. The number of hydrogen-bond donors (Lipinski definition) is 2. The maximum atomic E-state index is 13.1. The number of H-pyrrole nitrogens is 1. The highest BCUT2D eigenvalue weighted by atomic mass is 19.1. The molecule has 0 bridgehead atoms. The Bertz CT molecular complexity index is 673. The molecular formula is C17H20FN3O2. The maximum Gasteiger partial charge on any atom is 0.257 e. The zero-order valence-electron chi connectivity index (χ0n) is 13.0. The number of aromatic amines is 1. The van der Waals surface area contributed by atoms with Crippen molar-refractivity contribution in [3.63, 3.8) is 0 Å². The molecule has 0 radical (unpaired) electrons. The molecule has 1 fully saturated rings. The number of piperidine rings is 1. The molecule has 5 nitrogen and oxygen atoms in total. The zero-order valence-corrected chi connectivity index (χ0v) is 13.0. The molecule has 0 saturated carbocycles. The van der Waals surface area contributed by atoms with Crippen LogP contribution in [0.4, 0.5) is 4.39 Å². The van der Waals surface area contributed by atoms with E-state index in [1.165, 1.54) is 18.3 Å². The number of nitrogens with zero attached hydrogens (tertiary/aromatic N) is 2. The average Bonchev–Trinajstić information content (AvgIpc) is 3.04. The summed E-state index contributed by atoms with van der Waals surface area (Å²) in [5, 5.41) is 16.5. The first-order valence-electron chi connectivity index (χ1n) is 7.83. The monoisotopic (exact) mass is 317 g/mol. The topological polar surface area (TPSA) is 69.2 Å². The lowest BCUT2D eigenvalue weighted by Crippen LogP contribution is -2.40. The van der Waals surface area contributed by atoms with Crippen LogP contribution in [-0.4, -0.2) is 45.3 Å². The van der Waals surface area contributed by atoms with E-state index in [4.69, 9.17) is 0 Å². The third-order valence-corrected chi connectivity index (χ3v) is 4.51. The van der Waals surface area contributed by atoms with Crippen molar-refractivity contribution in [3.05, 3.63) is 41.8 Å². The summed E-state index contributed by atoms with van der Waals surface area (Å²) in [7, 11) is 0.